The van der Waals surface area contributed by atoms with Crippen LogP contribution >= 0.6 is 15.9 Å². The van der Waals surface area contributed by atoms with E-state index in [1.807, 2.05) is 0 Å². The lowest BCUT2D eigenvalue weighted by atomic mass is 10.1. The number of benzene rings is 1. The second kappa shape index (κ2) is 4.63. The number of rotatable bonds is 1. The van der Waals surface area contributed by atoms with Crippen LogP contribution in [0.2, 0.25) is 0 Å². The third kappa shape index (κ3) is 2.17. The lowest BCUT2D eigenvalue weighted by molar-refractivity contribution is -0.0303. The summed E-state index contributed by atoms with van der Waals surface area (Å²) in [5.74, 6) is -0.515. The molecule has 3 nitrogen and oxygen atoms in total. The first-order valence-electron chi connectivity index (χ1n) is 6.03. The van der Waals surface area contributed by atoms with E-state index in [4.69, 9.17) is 4.74 Å². The topological polar surface area (TPSA) is 29.5 Å². The van der Waals surface area contributed by atoms with E-state index < -0.39 is 5.82 Å². The van der Waals surface area contributed by atoms with Crippen molar-refractivity contribution in [2.45, 2.75) is 25.0 Å². The number of ether oxygens (including phenoxy) is 1. The molecule has 96 valence electrons. The van der Waals surface area contributed by atoms with Crippen molar-refractivity contribution >= 4 is 21.8 Å². The highest BCUT2D eigenvalue weighted by Crippen LogP contribution is 2.27. The van der Waals surface area contributed by atoms with Crippen molar-refractivity contribution in [3.8, 4) is 0 Å². The summed E-state index contributed by atoms with van der Waals surface area (Å²) >= 11 is 3.08. The van der Waals surface area contributed by atoms with Gasteiger partial charge in [-0.3, -0.25) is 4.79 Å². The first-order valence-corrected chi connectivity index (χ1v) is 6.82. The molecule has 2 aliphatic rings. The first kappa shape index (κ1) is 12.1. The zero-order chi connectivity index (χ0) is 12.7. The highest BCUT2D eigenvalue weighted by Gasteiger charge is 2.35. The number of nitrogens with zero attached hydrogens (tertiary/aromatic N) is 1. The molecule has 5 heteroatoms. The molecule has 2 fully saturated rings. The van der Waals surface area contributed by atoms with Gasteiger partial charge < -0.3 is 9.64 Å². The summed E-state index contributed by atoms with van der Waals surface area (Å²) in [6.45, 7) is 1.24. The molecule has 2 bridgehead atoms. The zero-order valence-electron chi connectivity index (χ0n) is 9.73. The van der Waals surface area contributed by atoms with E-state index in [9.17, 15) is 9.18 Å². The van der Waals surface area contributed by atoms with E-state index in [0.717, 1.165) is 12.8 Å². The third-order valence-corrected chi connectivity index (χ3v) is 4.14. The van der Waals surface area contributed by atoms with Crippen molar-refractivity contribution in [3.63, 3.8) is 0 Å². The van der Waals surface area contributed by atoms with Gasteiger partial charge in [0.25, 0.3) is 5.91 Å². The maximum absolute atomic E-state index is 13.4. The van der Waals surface area contributed by atoms with Crippen LogP contribution in [0.4, 0.5) is 4.39 Å². The van der Waals surface area contributed by atoms with Crippen molar-refractivity contribution in [3.05, 3.63) is 34.1 Å². The summed E-state index contributed by atoms with van der Waals surface area (Å²) in [7, 11) is 0. The van der Waals surface area contributed by atoms with E-state index >= 15 is 0 Å². The third-order valence-electron chi connectivity index (χ3n) is 3.50. The molecule has 0 aliphatic carbocycles. The van der Waals surface area contributed by atoms with Crippen LogP contribution in [0.5, 0.6) is 0 Å². The molecule has 0 aromatic heterocycles. The highest BCUT2D eigenvalue weighted by atomic mass is 79.9. The molecule has 18 heavy (non-hydrogen) atoms. The van der Waals surface area contributed by atoms with Gasteiger partial charge in [-0.25, -0.2) is 4.39 Å². The molecule has 2 unspecified atom stereocenters. The molecule has 0 N–H and O–H groups in total. The number of morpholine rings is 1. The van der Waals surface area contributed by atoms with Gasteiger partial charge in [0, 0.05) is 18.7 Å². The molecule has 0 radical (unpaired) electrons. The molecular formula is C13H13BrFNO2. The van der Waals surface area contributed by atoms with Crippen molar-refractivity contribution < 1.29 is 13.9 Å². The van der Waals surface area contributed by atoms with Crippen molar-refractivity contribution in [2.75, 3.05) is 13.1 Å². The van der Waals surface area contributed by atoms with Gasteiger partial charge in [0.1, 0.15) is 5.82 Å². The standard InChI is InChI=1S/C13H13BrFNO2/c14-11-4-1-8(5-12(11)15)13(17)16-6-9-2-3-10(7-16)18-9/h1,4-5,9-10H,2-3,6-7H2. The summed E-state index contributed by atoms with van der Waals surface area (Å²) in [4.78, 5) is 14.0. The summed E-state index contributed by atoms with van der Waals surface area (Å²) in [5, 5.41) is 0. The Labute approximate surface area is 113 Å². The second-order valence-electron chi connectivity index (χ2n) is 4.80. The lowest BCUT2D eigenvalue weighted by Crippen LogP contribution is -2.45. The number of likely N-dealkylation sites (tertiary alicyclic amines) is 1. The first-order chi connectivity index (χ1) is 8.63. The van der Waals surface area contributed by atoms with Gasteiger partial charge >= 0.3 is 0 Å². The largest absolute Gasteiger partial charge is 0.371 e. The minimum Gasteiger partial charge on any atom is -0.371 e. The van der Waals surface area contributed by atoms with Crippen LogP contribution in [0.25, 0.3) is 0 Å². The van der Waals surface area contributed by atoms with Crippen LogP contribution in [-0.2, 0) is 4.74 Å². The van der Waals surface area contributed by atoms with Crippen molar-refractivity contribution in [1.29, 1.82) is 0 Å². The van der Waals surface area contributed by atoms with Crippen LogP contribution in [0.1, 0.15) is 23.2 Å². The Morgan fingerprint density at radius 2 is 2.00 bits per heavy atom. The minimum atomic E-state index is -0.405. The van der Waals surface area contributed by atoms with E-state index in [0.29, 0.717) is 23.1 Å². The van der Waals surface area contributed by atoms with Gasteiger partial charge in [-0.15, -0.1) is 0 Å². The van der Waals surface area contributed by atoms with Crippen LogP contribution in [0.3, 0.4) is 0 Å². The maximum atomic E-state index is 13.4. The van der Waals surface area contributed by atoms with Gasteiger partial charge in [0.05, 0.1) is 16.7 Å². The molecule has 0 spiro atoms. The van der Waals surface area contributed by atoms with E-state index in [1.54, 1.807) is 17.0 Å². The molecule has 2 atom stereocenters. The zero-order valence-corrected chi connectivity index (χ0v) is 11.3. The molecule has 0 saturated carbocycles. The van der Waals surface area contributed by atoms with E-state index in [1.165, 1.54) is 6.07 Å². The molecular weight excluding hydrogens is 301 g/mol. The Balaban J connectivity index is 1.79. The minimum absolute atomic E-state index is 0.110. The molecule has 2 saturated heterocycles. The Morgan fingerprint density at radius 1 is 1.33 bits per heavy atom. The molecule has 2 heterocycles. The number of hydrogen-bond donors (Lipinski definition) is 0. The van der Waals surface area contributed by atoms with Gasteiger partial charge in [0.15, 0.2) is 0 Å². The summed E-state index contributed by atoms with van der Waals surface area (Å²) in [5.41, 5.74) is 0.400. The van der Waals surface area contributed by atoms with Crippen molar-refractivity contribution in [2.24, 2.45) is 0 Å². The van der Waals surface area contributed by atoms with Crippen LogP contribution in [0.15, 0.2) is 22.7 Å². The fourth-order valence-electron chi connectivity index (χ4n) is 2.59. The average molecular weight is 314 g/mol. The normalized spacial score (nSPS) is 26.4. The van der Waals surface area contributed by atoms with Gasteiger partial charge in [-0.1, -0.05) is 0 Å². The summed E-state index contributed by atoms with van der Waals surface area (Å²) in [6, 6.07) is 4.49. The SMILES string of the molecule is O=C(c1ccc(Br)c(F)c1)N1CC2CCC(C1)O2. The van der Waals surface area contributed by atoms with Crippen LogP contribution in [-0.4, -0.2) is 36.1 Å². The monoisotopic (exact) mass is 313 g/mol. The number of carbonyl (C=O) groups is 1. The molecule has 3 rings (SSSR count). The second-order valence-corrected chi connectivity index (χ2v) is 5.65. The molecule has 1 amide bonds. The lowest BCUT2D eigenvalue weighted by Gasteiger charge is -2.32. The van der Waals surface area contributed by atoms with Crippen LogP contribution in [0, 0.1) is 5.82 Å². The summed E-state index contributed by atoms with van der Waals surface area (Å²) in [6.07, 6.45) is 2.35. The number of amides is 1. The molecule has 1 aromatic carbocycles. The average Bonchev–Trinajstić information content (AvgIpc) is 2.71. The Kier molecular flexibility index (Phi) is 3.11. The van der Waals surface area contributed by atoms with Gasteiger partial charge in [-0.05, 0) is 47.0 Å². The van der Waals surface area contributed by atoms with Crippen molar-refractivity contribution in [1.82, 2.24) is 4.90 Å². The predicted octanol–water partition coefficient (Wildman–Crippen LogP) is 2.59. The number of hydrogen-bond acceptors (Lipinski definition) is 2. The number of carbonyl (C=O) groups excluding carboxylic acids is 1. The Hall–Kier alpha value is -0.940. The van der Waals surface area contributed by atoms with Gasteiger partial charge in [-0.2, -0.15) is 0 Å². The maximum Gasteiger partial charge on any atom is 0.254 e. The predicted molar refractivity (Wildman–Crippen MR) is 67.9 cm³/mol. The smallest absolute Gasteiger partial charge is 0.254 e. The highest BCUT2D eigenvalue weighted by molar-refractivity contribution is 9.10. The molecule has 1 aromatic rings. The Bertz CT molecular complexity index is 482. The van der Waals surface area contributed by atoms with E-state index in [-0.39, 0.29) is 18.1 Å². The van der Waals surface area contributed by atoms with E-state index in [2.05, 4.69) is 15.9 Å². The quantitative estimate of drug-likeness (QED) is 0.797. The van der Waals surface area contributed by atoms with Crippen LogP contribution < -0.4 is 0 Å². The molecule has 2 aliphatic heterocycles. The fourth-order valence-corrected chi connectivity index (χ4v) is 2.84. The van der Waals surface area contributed by atoms with Gasteiger partial charge in [0.2, 0.25) is 0 Å². The fraction of sp³-hybridized carbons (Fsp3) is 0.462. The Morgan fingerprint density at radius 3 is 2.61 bits per heavy atom. The number of fused-ring (bicyclic) bond motifs is 2. The summed E-state index contributed by atoms with van der Waals surface area (Å²) < 4.78 is 19.5. The number of halogens is 2.